The van der Waals surface area contributed by atoms with Crippen LogP contribution in [0.2, 0.25) is 0 Å². The Labute approximate surface area is 177 Å². The Balaban J connectivity index is 1.42. The first-order valence-corrected chi connectivity index (χ1v) is 10.2. The van der Waals surface area contributed by atoms with Gasteiger partial charge in [0.2, 0.25) is 0 Å². The fourth-order valence-electron chi connectivity index (χ4n) is 3.19. The van der Waals surface area contributed by atoms with Crippen LogP contribution in [-0.4, -0.2) is 11.1 Å². The molecule has 1 aliphatic heterocycles. The van der Waals surface area contributed by atoms with Crippen molar-refractivity contribution in [3.8, 4) is 0 Å². The number of allylic oxidation sites excluding steroid dienone is 5. The number of cyclic esters (lactones) is 1. The van der Waals surface area contributed by atoms with E-state index in [-0.39, 0.29) is 23.0 Å². The Morgan fingerprint density at radius 2 is 2.10 bits per heavy atom. The van der Waals surface area contributed by atoms with Gasteiger partial charge in [-0.3, -0.25) is 0 Å². The number of ether oxygens (including phenoxy) is 1. The third-order valence-corrected chi connectivity index (χ3v) is 4.99. The number of furan rings is 2. The summed E-state index contributed by atoms with van der Waals surface area (Å²) in [4.78, 5) is 11.4. The molecule has 5 heteroatoms. The molecule has 1 atom stereocenters. The molecule has 3 heterocycles. The summed E-state index contributed by atoms with van der Waals surface area (Å²) < 4.78 is 15.8. The Kier molecular flexibility index (Phi) is 7.17. The van der Waals surface area contributed by atoms with Gasteiger partial charge >= 0.3 is 5.97 Å². The Morgan fingerprint density at radius 1 is 1.27 bits per heavy atom. The molecule has 0 spiro atoms. The van der Waals surface area contributed by atoms with Crippen LogP contribution in [0, 0.1) is 5.92 Å². The lowest BCUT2D eigenvalue weighted by Gasteiger charge is -2.04. The summed E-state index contributed by atoms with van der Waals surface area (Å²) >= 11 is 0. The zero-order valence-electron chi connectivity index (χ0n) is 17.7. The Morgan fingerprint density at radius 3 is 2.80 bits per heavy atom. The van der Waals surface area contributed by atoms with E-state index in [1.807, 2.05) is 19.3 Å². The van der Waals surface area contributed by atoms with Crippen LogP contribution in [0.1, 0.15) is 50.5 Å². The predicted octanol–water partition coefficient (Wildman–Crippen LogP) is 6.20. The van der Waals surface area contributed by atoms with Crippen LogP contribution < -0.4 is 0 Å². The van der Waals surface area contributed by atoms with Crippen LogP contribution >= 0.6 is 0 Å². The summed E-state index contributed by atoms with van der Waals surface area (Å²) in [5.41, 5.74) is 3.75. The fourth-order valence-corrected chi connectivity index (χ4v) is 3.19. The molecule has 1 unspecified atom stereocenters. The average molecular weight is 408 g/mol. The summed E-state index contributed by atoms with van der Waals surface area (Å²) in [6.07, 6.45) is 16.8. The number of aryl methyl sites for hydroxylation is 1. The van der Waals surface area contributed by atoms with E-state index in [4.69, 9.17) is 13.6 Å². The van der Waals surface area contributed by atoms with Gasteiger partial charge in [0.1, 0.15) is 5.76 Å². The lowest BCUT2D eigenvalue weighted by atomic mass is 10.0. The fraction of sp³-hybridized carbons (Fsp3) is 0.320. The minimum Gasteiger partial charge on any atom is -0.504 e. The molecule has 2 aromatic heterocycles. The molecule has 0 amide bonds. The number of esters is 1. The van der Waals surface area contributed by atoms with E-state index in [0.717, 1.165) is 37.0 Å². The van der Waals surface area contributed by atoms with Gasteiger partial charge in [0.15, 0.2) is 11.5 Å². The van der Waals surface area contributed by atoms with E-state index in [9.17, 15) is 9.90 Å². The molecule has 158 valence electrons. The molecule has 1 N–H and O–H groups in total. The van der Waals surface area contributed by atoms with Crippen LogP contribution in [0.5, 0.6) is 0 Å². The van der Waals surface area contributed by atoms with Gasteiger partial charge in [-0.15, -0.1) is 0 Å². The van der Waals surface area contributed by atoms with Gasteiger partial charge in [-0.2, -0.15) is 0 Å². The van der Waals surface area contributed by atoms with E-state index in [1.54, 1.807) is 25.5 Å². The Bertz CT molecular complexity index is 983. The highest BCUT2D eigenvalue weighted by Gasteiger charge is 2.26. The maximum absolute atomic E-state index is 11.4. The van der Waals surface area contributed by atoms with Gasteiger partial charge in [0.05, 0.1) is 24.4 Å². The molecule has 0 radical (unpaired) electrons. The van der Waals surface area contributed by atoms with Crippen molar-refractivity contribution in [1.29, 1.82) is 0 Å². The molecule has 0 saturated carbocycles. The number of carbonyl (C=O) groups excluding carboxylic acids is 1. The second-order valence-electron chi connectivity index (χ2n) is 7.73. The molecule has 3 rings (SSSR count). The molecule has 0 fully saturated rings. The van der Waals surface area contributed by atoms with Crippen LogP contribution in [0.3, 0.4) is 0 Å². The third kappa shape index (κ3) is 5.89. The first kappa shape index (κ1) is 21.5. The van der Waals surface area contributed by atoms with Crippen LogP contribution in [-0.2, 0) is 22.4 Å². The predicted molar refractivity (Wildman–Crippen MR) is 115 cm³/mol. The van der Waals surface area contributed by atoms with Gasteiger partial charge in [0.25, 0.3) is 0 Å². The molecule has 1 aliphatic rings. The summed E-state index contributed by atoms with van der Waals surface area (Å²) in [5, 5.41) is 9.87. The van der Waals surface area contributed by atoms with Crippen molar-refractivity contribution < 1.29 is 23.5 Å². The van der Waals surface area contributed by atoms with Crippen molar-refractivity contribution in [3.05, 3.63) is 94.8 Å². The summed E-state index contributed by atoms with van der Waals surface area (Å²) in [5.74, 6) is 0.812. The van der Waals surface area contributed by atoms with Gasteiger partial charge in [0, 0.05) is 6.42 Å². The highest BCUT2D eigenvalue weighted by atomic mass is 16.6. The van der Waals surface area contributed by atoms with E-state index in [2.05, 4.69) is 31.2 Å². The molecular weight excluding hydrogens is 380 g/mol. The number of hydrogen-bond acceptors (Lipinski definition) is 5. The van der Waals surface area contributed by atoms with E-state index >= 15 is 0 Å². The molecule has 2 aromatic rings. The maximum atomic E-state index is 11.4. The number of hydrogen-bond donors (Lipinski definition) is 1. The van der Waals surface area contributed by atoms with Gasteiger partial charge in [-0.25, -0.2) is 4.79 Å². The van der Waals surface area contributed by atoms with Gasteiger partial charge in [-0.1, -0.05) is 30.7 Å². The number of rotatable bonds is 9. The second-order valence-corrected chi connectivity index (χ2v) is 7.73. The highest BCUT2D eigenvalue weighted by molar-refractivity contribution is 5.93. The monoisotopic (exact) mass is 408 g/mol. The Hall–Kier alpha value is -3.21. The van der Waals surface area contributed by atoms with Crippen molar-refractivity contribution in [1.82, 2.24) is 0 Å². The lowest BCUT2D eigenvalue weighted by molar-refractivity contribution is -0.133. The van der Waals surface area contributed by atoms with Crippen molar-refractivity contribution in [2.45, 2.75) is 46.5 Å². The SMILES string of the molecule is CC1=C(O)/C(=C\C(C)C/C=C/C(C)=C/CCc2coc(Cc3ccoc3)c2)OC1=O. The molecule has 0 saturated heterocycles. The normalized spacial score (nSPS) is 17.4. The first-order valence-electron chi connectivity index (χ1n) is 10.2. The second kappa shape index (κ2) is 10.0. The number of aliphatic hydroxyl groups is 1. The first-order chi connectivity index (χ1) is 14.4. The van der Waals surface area contributed by atoms with Crippen LogP contribution in [0.25, 0.3) is 0 Å². The van der Waals surface area contributed by atoms with E-state index in [0.29, 0.717) is 0 Å². The molecular formula is C25H28O5. The van der Waals surface area contributed by atoms with Crippen LogP contribution in [0.15, 0.2) is 86.7 Å². The molecule has 30 heavy (non-hydrogen) atoms. The largest absolute Gasteiger partial charge is 0.504 e. The third-order valence-electron chi connectivity index (χ3n) is 4.99. The standard InChI is InChI=1S/C25H28O5/c1-17(6-4-8-18(2)12-23-24(26)19(3)25(27)30-23)7-5-9-20-13-22(29-16-20)14-21-10-11-28-15-21/h4,6-7,10-13,15-16,18,26H,5,8-9,14H2,1-3H3/b6-4+,17-7+,23-12+. The molecule has 0 aromatic carbocycles. The van der Waals surface area contributed by atoms with Gasteiger partial charge < -0.3 is 18.7 Å². The minimum atomic E-state index is -0.480. The lowest BCUT2D eigenvalue weighted by Crippen LogP contribution is -1.97. The minimum absolute atomic E-state index is 0.0564. The zero-order valence-corrected chi connectivity index (χ0v) is 17.7. The topological polar surface area (TPSA) is 72.8 Å². The number of carbonyl (C=O) groups is 1. The summed E-state index contributed by atoms with van der Waals surface area (Å²) in [6.45, 7) is 5.66. The summed E-state index contributed by atoms with van der Waals surface area (Å²) in [7, 11) is 0. The highest BCUT2D eigenvalue weighted by Crippen LogP contribution is 2.25. The molecule has 5 nitrogen and oxygen atoms in total. The van der Waals surface area contributed by atoms with Crippen molar-refractivity contribution >= 4 is 5.97 Å². The van der Waals surface area contributed by atoms with E-state index in [1.165, 1.54) is 11.1 Å². The zero-order chi connectivity index (χ0) is 21.5. The summed E-state index contributed by atoms with van der Waals surface area (Å²) in [6, 6.07) is 4.04. The number of aliphatic hydroxyl groups excluding tert-OH is 1. The quantitative estimate of drug-likeness (QED) is 0.395. The molecule has 0 bridgehead atoms. The van der Waals surface area contributed by atoms with Crippen LogP contribution in [0.4, 0.5) is 0 Å². The van der Waals surface area contributed by atoms with E-state index < -0.39 is 5.97 Å². The smallest absolute Gasteiger partial charge is 0.343 e. The van der Waals surface area contributed by atoms with Gasteiger partial charge in [-0.05, 0) is 68.4 Å². The van der Waals surface area contributed by atoms with Crippen molar-refractivity contribution in [2.75, 3.05) is 0 Å². The maximum Gasteiger partial charge on any atom is 0.343 e. The van der Waals surface area contributed by atoms with Crippen molar-refractivity contribution in [2.24, 2.45) is 5.92 Å². The average Bonchev–Trinajstić information content (AvgIpc) is 3.43. The van der Waals surface area contributed by atoms with Crippen molar-refractivity contribution in [3.63, 3.8) is 0 Å². The molecule has 0 aliphatic carbocycles.